The Morgan fingerprint density at radius 2 is 1.81 bits per heavy atom. The smallest absolute Gasteiger partial charge is 0.359 e. The lowest BCUT2D eigenvalue weighted by atomic mass is 9.99. The number of aryl methyl sites for hydroxylation is 1. The minimum Gasteiger partial charge on any atom is -0.497 e. The first-order valence-electron chi connectivity index (χ1n) is 13.6. The molecule has 2 aliphatic heterocycles. The van der Waals surface area contributed by atoms with Crippen LogP contribution in [0, 0.1) is 17.5 Å². The number of pyridine rings is 1. The molecule has 9 nitrogen and oxygen atoms in total. The van der Waals surface area contributed by atoms with Crippen molar-refractivity contribution in [1.82, 2.24) is 19.1 Å². The van der Waals surface area contributed by atoms with Gasteiger partial charge in [0.15, 0.2) is 11.6 Å². The summed E-state index contributed by atoms with van der Waals surface area (Å²) in [7, 11) is 1.51. The highest BCUT2D eigenvalue weighted by Crippen LogP contribution is 2.32. The zero-order chi connectivity index (χ0) is 30.1. The Balaban J connectivity index is 1.62. The molecule has 0 fully saturated rings. The normalized spacial score (nSPS) is 13.3. The second-order valence-corrected chi connectivity index (χ2v) is 10.1. The zero-order valence-corrected chi connectivity index (χ0v) is 23.1. The summed E-state index contributed by atoms with van der Waals surface area (Å²) in [5, 5.41) is 4.33. The van der Waals surface area contributed by atoms with Crippen LogP contribution in [0.4, 0.5) is 24.8 Å². The Labute approximate surface area is 243 Å². The molecule has 0 saturated carbocycles. The fourth-order valence-corrected chi connectivity index (χ4v) is 5.21. The average Bonchev–Trinajstić information content (AvgIpc) is 2.99. The van der Waals surface area contributed by atoms with Crippen molar-refractivity contribution in [3.63, 3.8) is 0 Å². The molecule has 3 aromatic carbocycles. The number of rotatable bonds is 3. The third-order valence-corrected chi connectivity index (χ3v) is 7.36. The van der Waals surface area contributed by atoms with Crippen LogP contribution in [0.2, 0.25) is 0 Å². The van der Waals surface area contributed by atoms with Gasteiger partial charge in [0.05, 0.1) is 37.8 Å². The van der Waals surface area contributed by atoms with Gasteiger partial charge in [0.2, 0.25) is 5.95 Å². The van der Waals surface area contributed by atoms with Gasteiger partial charge >= 0.3 is 11.4 Å². The Hall–Kier alpha value is -5.13. The lowest BCUT2D eigenvalue weighted by Gasteiger charge is -2.19. The number of hydrogen-bond donors (Lipinski definition) is 1. The fraction of sp³-hybridized carbons (Fsp3) is 0.226. The van der Waals surface area contributed by atoms with Crippen molar-refractivity contribution in [1.29, 1.82) is 0 Å². The van der Waals surface area contributed by atoms with Gasteiger partial charge in [-0.2, -0.15) is 4.98 Å². The van der Waals surface area contributed by atoms with E-state index < -0.39 is 35.4 Å². The highest BCUT2D eigenvalue weighted by atomic mass is 19.2. The van der Waals surface area contributed by atoms with Crippen LogP contribution in [0.15, 0.2) is 70.5 Å². The second-order valence-electron chi connectivity index (χ2n) is 10.1. The maximum absolute atomic E-state index is 14.8. The van der Waals surface area contributed by atoms with Gasteiger partial charge in [-0.25, -0.2) is 27.3 Å². The summed E-state index contributed by atoms with van der Waals surface area (Å²) in [6, 6.07) is 11.6. The molecule has 5 aromatic rings. The molecule has 0 amide bonds. The number of ether oxygens (including phenoxy) is 2. The Kier molecular flexibility index (Phi) is 7.58. The highest BCUT2D eigenvalue weighted by Gasteiger charge is 2.21. The number of anilines is 2. The summed E-state index contributed by atoms with van der Waals surface area (Å²) in [6.07, 6.45) is 6.16. The van der Waals surface area contributed by atoms with Crippen molar-refractivity contribution < 1.29 is 22.6 Å². The third kappa shape index (κ3) is 5.43. The van der Waals surface area contributed by atoms with Crippen LogP contribution < -0.4 is 26.2 Å². The monoisotopic (exact) mass is 589 g/mol. The predicted molar refractivity (Wildman–Crippen MR) is 154 cm³/mol. The van der Waals surface area contributed by atoms with Crippen molar-refractivity contribution in [3.05, 3.63) is 110 Å². The van der Waals surface area contributed by atoms with Crippen LogP contribution >= 0.6 is 0 Å². The van der Waals surface area contributed by atoms with Crippen LogP contribution in [-0.2, 0) is 13.0 Å². The van der Waals surface area contributed by atoms with Crippen molar-refractivity contribution in [2.24, 2.45) is 0 Å². The number of methoxy groups -OCH3 is 1. The molecule has 2 aromatic heterocycles. The third-order valence-electron chi connectivity index (χ3n) is 7.36. The molecule has 0 aliphatic carbocycles. The first-order valence-corrected chi connectivity index (χ1v) is 13.6. The number of benzene rings is 3. The minimum absolute atomic E-state index is 0.210. The van der Waals surface area contributed by atoms with E-state index in [0.29, 0.717) is 53.1 Å². The summed E-state index contributed by atoms with van der Waals surface area (Å²) in [6.45, 7) is -0.191. The van der Waals surface area contributed by atoms with E-state index in [4.69, 9.17) is 9.47 Å². The van der Waals surface area contributed by atoms with E-state index in [1.54, 1.807) is 24.4 Å². The average molecular weight is 590 g/mol. The molecule has 7 rings (SSSR count). The summed E-state index contributed by atoms with van der Waals surface area (Å²) in [5.41, 5.74) is -0.661. The van der Waals surface area contributed by atoms with Gasteiger partial charge in [0, 0.05) is 34.7 Å². The molecule has 0 radical (unpaired) electrons. The quantitative estimate of drug-likeness (QED) is 0.287. The lowest BCUT2D eigenvalue weighted by Crippen LogP contribution is -2.42. The van der Waals surface area contributed by atoms with Crippen LogP contribution in [0.25, 0.3) is 16.5 Å². The lowest BCUT2D eigenvalue weighted by molar-refractivity contribution is 0.304. The van der Waals surface area contributed by atoms with Gasteiger partial charge in [-0.3, -0.25) is 9.55 Å². The molecule has 0 atom stereocenters. The largest absolute Gasteiger partial charge is 0.497 e. The Morgan fingerprint density at radius 1 is 0.977 bits per heavy atom. The van der Waals surface area contributed by atoms with Gasteiger partial charge in [0.25, 0.3) is 0 Å². The number of nitrogens with zero attached hydrogens (tertiary/aromatic N) is 4. The van der Waals surface area contributed by atoms with Crippen molar-refractivity contribution in [2.75, 3.05) is 19.0 Å². The van der Waals surface area contributed by atoms with E-state index >= 15 is 0 Å². The Bertz CT molecular complexity index is 1970. The van der Waals surface area contributed by atoms with Crippen LogP contribution in [0.1, 0.15) is 30.4 Å². The Morgan fingerprint density at radius 3 is 2.65 bits per heavy atom. The van der Waals surface area contributed by atoms with E-state index in [1.165, 1.54) is 13.3 Å². The predicted octanol–water partition coefficient (Wildman–Crippen LogP) is 5.27. The second kappa shape index (κ2) is 11.6. The molecule has 2 bridgehead atoms. The number of nitrogens with one attached hydrogen (secondary N) is 1. The first kappa shape index (κ1) is 28.0. The number of halogens is 3. The van der Waals surface area contributed by atoms with Crippen molar-refractivity contribution in [2.45, 2.75) is 32.2 Å². The maximum Gasteiger partial charge on any atom is 0.359 e. The van der Waals surface area contributed by atoms with Crippen LogP contribution in [0.3, 0.4) is 0 Å². The van der Waals surface area contributed by atoms with E-state index in [9.17, 15) is 22.8 Å². The van der Waals surface area contributed by atoms with Gasteiger partial charge < -0.3 is 14.8 Å². The van der Waals surface area contributed by atoms with Crippen LogP contribution in [0.5, 0.6) is 11.5 Å². The van der Waals surface area contributed by atoms with E-state index in [-0.39, 0.29) is 17.2 Å². The summed E-state index contributed by atoms with van der Waals surface area (Å²) >= 11 is 0. The van der Waals surface area contributed by atoms with Gasteiger partial charge in [0.1, 0.15) is 17.3 Å². The van der Waals surface area contributed by atoms with Crippen molar-refractivity contribution >= 4 is 22.4 Å². The molecule has 1 N–H and O–H groups in total. The minimum atomic E-state index is -1.37. The number of hydrogen-bond acceptors (Lipinski definition) is 7. The van der Waals surface area contributed by atoms with Gasteiger partial charge in [-0.15, -0.1) is 0 Å². The summed E-state index contributed by atoms with van der Waals surface area (Å²) < 4.78 is 56.0. The maximum atomic E-state index is 14.8. The number of fused-ring (bicyclic) bond motifs is 7. The molecule has 0 unspecified atom stereocenters. The molecule has 2 aliphatic rings. The van der Waals surface area contributed by atoms with E-state index in [2.05, 4.69) is 15.3 Å². The first-order chi connectivity index (χ1) is 20.8. The SMILES string of the molecule is COc1ccc2c(c1)OCCCCCc1cccc3cncc(c13)-n1c(=O)nc(n(Cc3cc(F)c(F)cc3F)c1=O)N2. The van der Waals surface area contributed by atoms with E-state index in [1.807, 2.05) is 18.2 Å². The summed E-state index contributed by atoms with van der Waals surface area (Å²) in [4.78, 5) is 36.2. The number of aromatic nitrogens is 4. The van der Waals surface area contributed by atoms with Crippen molar-refractivity contribution in [3.8, 4) is 17.2 Å². The molecule has 43 heavy (non-hydrogen) atoms. The highest BCUT2D eigenvalue weighted by molar-refractivity contribution is 5.92. The van der Waals surface area contributed by atoms with Gasteiger partial charge in [-0.1, -0.05) is 18.2 Å². The molecular weight excluding hydrogens is 563 g/mol. The van der Waals surface area contributed by atoms with Crippen LogP contribution in [-0.4, -0.2) is 32.8 Å². The fourth-order valence-electron chi connectivity index (χ4n) is 5.21. The molecule has 12 heteroatoms. The molecule has 0 saturated heterocycles. The molecule has 4 heterocycles. The standard InChI is InChI=1S/C31H26F3N5O4/c1-42-21-9-10-25-27(13-21)43-11-4-2-3-6-18-7-5-8-19-15-35-16-26(28(18)19)39-30(40)37-29(36-25)38(31(39)41)17-20-12-23(33)24(34)14-22(20)32/h5,7-10,12-16H,2-4,6,11,17H2,1H3,(H,36,37,40). The summed E-state index contributed by atoms with van der Waals surface area (Å²) in [5.74, 6) is -3.11. The molecule has 0 spiro atoms. The van der Waals surface area contributed by atoms with Gasteiger partial charge in [-0.05, 0) is 49.4 Å². The topological polar surface area (TPSA) is 100 Å². The molecular formula is C31H26F3N5O4. The zero-order valence-electron chi connectivity index (χ0n) is 23.1. The van der Waals surface area contributed by atoms with E-state index in [0.717, 1.165) is 34.0 Å². The molecule has 220 valence electrons.